The number of hydrogen-bond donors (Lipinski definition) is 1. The molecule has 5 heteroatoms. The summed E-state index contributed by atoms with van der Waals surface area (Å²) < 4.78 is 13.4. The molecule has 1 heterocycles. The van der Waals surface area contributed by atoms with Gasteiger partial charge in [-0.15, -0.1) is 11.3 Å². The van der Waals surface area contributed by atoms with E-state index in [4.69, 9.17) is 5.11 Å². The topological polar surface area (TPSA) is 50.2 Å². The molecule has 66 valence electrons. The lowest BCUT2D eigenvalue weighted by molar-refractivity contribution is 0.0699. The molecule has 1 N–H and O–H groups in total. The molecule has 0 spiro atoms. The van der Waals surface area contributed by atoms with E-state index in [-0.39, 0.29) is 11.1 Å². The first-order valence-electron chi connectivity index (χ1n) is 3.45. The normalized spacial score (nSPS) is 10.5. The third-order valence-corrected chi connectivity index (χ3v) is 2.52. The highest BCUT2D eigenvalue weighted by Crippen LogP contribution is 2.24. The van der Waals surface area contributed by atoms with Gasteiger partial charge in [0.2, 0.25) is 0 Å². The number of carboxylic acids is 1. The Morgan fingerprint density at radius 1 is 1.54 bits per heavy atom. The number of nitrogens with zero attached hydrogens (tertiary/aromatic N) is 1. The Morgan fingerprint density at radius 3 is 3.00 bits per heavy atom. The molecule has 0 unspecified atom stereocenters. The molecular weight excluding hydrogens is 193 g/mol. The Labute approximate surface area is 76.5 Å². The molecule has 0 amide bonds. The van der Waals surface area contributed by atoms with Crippen LogP contribution in [-0.4, -0.2) is 16.1 Å². The fourth-order valence-corrected chi connectivity index (χ4v) is 1.89. The zero-order valence-corrected chi connectivity index (χ0v) is 7.14. The van der Waals surface area contributed by atoms with Crippen LogP contribution in [0.2, 0.25) is 0 Å². The molecule has 0 fully saturated rings. The van der Waals surface area contributed by atoms with Crippen molar-refractivity contribution in [3.63, 3.8) is 0 Å². The predicted octanol–water partition coefficient (Wildman–Crippen LogP) is 2.13. The summed E-state index contributed by atoms with van der Waals surface area (Å²) >= 11 is 1.12. The van der Waals surface area contributed by atoms with Crippen LogP contribution < -0.4 is 0 Å². The zero-order valence-electron chi connectivity index (χ0n) is 6.32. The number of carbonyl (C=O) groups is 1. The monoisotopic (exact) mass is 197 g/mol. The largest absolute Gasteiger partial charge is 0.478 e. The molecule has 1 aromatic heterocycles. The first-order chi connectivity index (χ1) is 6.20. The highest BCUT2D eigenvalue weighted by atomic mass is 32.1. The first kappa shape index (κ1) is 8.12. The maximum absolute atomic E-state index is 13.0. The van der Waals surface area contributed by atoms with Gasteiger partial charge in [-0.05, 0) is 12.1 Å². The molecule has 13 heavy (non-hydrogen) atoms. The van der Waals surface area contributed by atoms with Crippen LogP contribution in [0, 0.1) is 5.82 Å². The summed E-state index contributed by atoms with van der Waals surface area (Å²) in [6.07, 6.45) is 0. The van der Waals surface area contributed by atoms with Crippen LogP contribution in [0.4, 0.5) is 4.39 Å². The van der Waals surface area contributed by atoms with Crippen LogP contribution in [-0.2, 0) is 0 Å². The smallest absolute Gasteiger partial charge is 0.337 e. The molecule has 0 bridgehead atoms. The summed E-state index contributed by atoms with van der Waals surface area (Å²) in [6.45, 7) is 0. The van der Waals surface area contributed by atoms with Gasteiger partial charge in [-0.3, -0.25) is 0 Å². The van der Waals surface area contributed by atoms with E-state index in [9.17, 15) is 9.18 Å². The van der Waals surface area contributed by atoms with Gasteiger partial charge in [0.15, 0.2) is 0 Å². The lowest BCUT2D eigenvalue weighted by Crippen LogP contribution is -1.96. The van der Waals surface area contributed by atoms with Gasteiger partial charge < -0.3 is 5.11 Å². The summed E-state index contributed by atoms with van der Waals surface area (Å²) in [5, 5.41) is 8.75. The molecule has 0 aliphatic heterocycles. The number of halogens is 1. The summed E-state index contributed by atoms with van der Waals surface area (Å²) in [5.74, 6) is -1.55. The lowest BCUT2D eigenvalue weighted by Gasteiger charge is -1.95. The summed E-state index contributed by atoms with van der Waals surface area (Å²) in [5.41, 5.74) is 1.66. The number of aromatic nitrogens is 1. The van der Waals surface area contributed by atoms with E-state index >= 15 is 0 Å². The van der Waals surface area contributed by atoms with Gasteiger partial charge in [0.05, 0.1) is 15.8 Å². The Kier molecular flexibility index (Phi) is 1.73. The molecule has 0 radical (unpaired) electrons. The molecule has 0 aliphatic rings. The van der Waals surface area contributed by atoms with E-state index in [1.54, 1.807) is 0 Å². The Morgan fingerprint density at radius 2 is 2.31 bits per heavy atom. The van der Waals surface area contributed by atoms with Crippen LogP contribution in [0.15, 0.2) is 17.6 Å². The Balaban J connectivity index is 2.86. The van der Waals surface area contributed by atoms with E-state index in [0.717, 1.165) is 17.4 Å². The number of rotatable bonds is 1. The third kappa shape index (κ3) is 1.17. The van der Waals surface area contributed by atoms with E-state index in [1.165, 1.54) is 11.6 Å². The molecule has 1 aromatic carbocycles. The minimum Gasteiger partial charge on any atom is -0.478 e. The number of thiazole rings is 1. The molecule has 2 aromatic rings. The van der Waals surface area contributed by atoms with Gasteiger partial charge in [0, 0.05) is 0 Å². The second kappa shape index (κ2) is 2.77. The molecule has 3 nitrogen and oxygen atoms in total. The maximum Gasteiger partial charge on any atom is 0.337 e. The molecule has 0 atom stereocenters. The van der Waals surface area contributed by atoms with Gasteiger partial charge in [0.25, 0.3) is 0 Å². The van der Waals surface area contributed by atoms with Crippen LogP contribution in [0.1, 0.15) is 10.4 Å². The Bertz CT molecular complexity index is 480. The van der Waals surface area contributed by atoms with Gasteiger partial charge >= 0.3 is 5.97 Å². The molecule has 0 aliphatic carbocycles. The van der Waals surface area contributed by atoms with Crippen molar-refractivity contribution in [2.45, 2.75) is 0 Å². The zero-order chi connectivity index (χ0) is 9.42. The lowest BCUT2D eigenvalue weighted by atomic mass is 10.2. The van der Waals surface area contributed by atoms with Crippen LogP contribution in [0.5, 0.6) is 0 Å². The number of hydrogen-bond acceptors (Lipinski definition) is 3. The van der Waals surface area contributed by atoms with Crippen LogP contribution in [0.3, 0.4) is 0 Å². The fraction of sp³-hybridized carbons (Fsp3) is 0. The number of fused-ring (bicyclic) bond motifs is 1. The summed E-state index contributed by atoms with van der Waals surface area (Å²) in [7, 11) is 0. The van der Waals surface area contributed by atoms with E-state index in [2.05, 4.69) is 4.98 Å². The minimum atomic E-state index is -1.06. The first-order valence-corrected chi connectivity index (χ1v) is 4.33. The number of benzene rings is 1. The maximum atomic E-state index is 13.0. The van der Waals surface area contributed by atoms with Crippen molar-refractivity contribution < 1.29 is 14.3 Å². The van der Waals surface area contributed by atoms with Crippen molar-refractivity contribution in [1.29, 1.82) is 0 Å². The van der Waals surface area contributed by atoms with Crippen molar-refractivity contribution in [3.05, 3.63) is 29.0 Å². The second-order valence-corrected chi connectivity index (χ2v) is 3.28. The molecule has 0 saturated heterocycles. The van der Waals surface area contributed by atoms with Crippen molar-refractivity contribution in [3.8, 4) is 0 Å². The summed E-state index contributed by atoms with van der Waals surface area (Å²) in [4.78, 5) is 14.4. The predicted molar refractivity (Wildman–Crippen MR) is 46.5 cm³/mol. The second-order valence-electron chi connectivity index (χ2n) is 2.43. The van der Waals surface area contributed by atoms with Crippen LogP contribution in [0.25, 0.3) is 10.2 Å². The van der Waals surface area contributed by atoms with E-state index in [0.29, 0.717) is 4.70 Å². The highest BCUT2D eigenvalue weighted by Gasteiger charge is 2.12. The van der Waals surface area contributed by atoms with Gasteiger partial charge in [-0.1, -0.05) is 0 Å². The molecule has 2 rings (SSSR count). The third-order valence-electron chi connectivity index (χ3n) is 1.67. The quantitative estimate of drug-likeness (QED) is 0.761. The van der Waals surface area contributed by atoms with Gasteiger partial charge in [-0.25, -0.2) is 14.2 Å². The fourth-order valence-electron chi connectivity index (χ4n) is 1.09. The number of carboxylic acid groups (broad SMARTS) is 1. The van der Waals surface area contributed by atoms with Crippen molar-refractivity contribution in [2.75, 3.05) is 0 Å². The average molecular weight is 197 g/mol. The van der Waals surface area contributed by atoms with Crippen LogP contribution >= 0.6 is 11.3 Å². The average Bonchev–Trinajstić information content (AvgIpc) is 2.53. The highest BCUT2D eigenvalue weighted by molar-refractivity contribution is 7.17. The minimum absolute atomic E-state index is 0.0962. The standard InChI is InChI=1S/C8H4FNO2S/c9-5-2-1-4(8(11)12)7-6(5)10-3-13-7/h1-3H,(H,11,12). The van der Waals surface area contributed by atoms with Gasteiger partial charge in [-0.2, -0.15) is 0 Å². The van der Waals surface area contributed by atoms with Crippen molar-refractivity contribution in [2.24, 2.45) is 0 Å². The summed E-state index contributed by atoms with van der Waals surface area (Å²) in [6, 6.07) is 2.36. The van der Waals surface area contributed by atoms with Crippen molar-refractivity contribution in [1.82, 2.24) is 4.98 Å². The van der Waals surface area contributed by atoms with E-state index < -0.39 is 11.8 Å². The Hall–Kier alpha value is -1.49. The molecule has 0 saturated carbocycles. The SMILES string of the molecule is O=C(O)c1ccc(F)c2ncsc12. The van der Waals surface area contributed by atoms with Crippen molar-refractivity contribution >= 4 is 27.5 Å². The van der Waals surface area contributed by atoms with E-state index in [1.807, 2.05) is 0 Å². The van der Waals surface area contributed by atoms with Gasteiger partial charge in [0.1, 0.15) is 11.3 Å². The molecular formula is C8H4FNO2S. The number of aromatic carboxylic acids is 1.